The molecule has 0 saturated carbocycles. The van der Waals surface area contributed by atoms with E-state index in [-0.39, 0.29) is 0 Å². The Morgan fingerprint density at radius 2 is 1.75 bits per heavy atom. The first-order valence-corrected chi connectivity index (χ1v) is 3.94. The van der Waals surface area contributed by atoms with E-state index in [2.05, 4.69) is 0 Å². The third-order valence-electron chi connectivity index (χ3n) is 1.74. The Bertz CT molecular complexity index is 292. The van der Waals surface area contributed by atoms with Gasteiger partial charge >= 0.3 is 0 Å². The van der Waals surface area contributed by atoms with Crippen molar-refractivity contribution in [2.24, 2.45) is 0 Å². The van der Waals surface area contributed by atoms with Gasteiger partial charge in [0.05, 0.1) is 0 Å². The molecule has 0 saturated heterocycles. The number of hydrogen-bond donors (Lipinski definition) is 0. The van der Waals surface area contributed by atoms with Crippen LogP contribution in [0.1, 0.15) is 19.4 Å². The highest BCUT2D eigenvalue weighted by atomic mass is 16.1. The zero-order chi connectivity index (χ0) is 8.97. The van der Waals surface area contributed by atoms with Gasteiger partial charge in [0.2, 0.25) is 0 Å². The SMILES string of the molecule is CC(C)=C(C=O)c1ccccc1. The Labute approximate surface area is 72.7 Å². The Kier molecular flexibility index (Phi) is 2.81. The Morgan fingerprint density at radius 1 is 1.17 bits per heavy atom. The second-order valence-electron chi connectivity index (χ2n) is 2.90. The molecule has 1 rings (SSSR count). The molecule has 0 fully saturated rings. The number of allylic oxidation sites excluding steroid dienone is 2. The molecule has 0 spiro atoms. The molecule has 0 bridgehead atoms. The molecule has 1 aromatic rings. The molecule has 1 heteroatoms. The lowest BCUT2D eigenvalue weighted by molar-refractivity contribution is -0.103. The van der Waals surface area contributed by atoms with Crippen LogP contribution in [-0.4, -0.2) is 6.29 Å². The lowest BCUT2D eigenvalue weighted by Gasteiger charge is -2.01. The summed E-state index contributed by atoms with van der Waals surface area (Å²) in [7, 11) is 0. The highest BCUT2D eigenvalue weighted by Crippen LogP contribution is 2.15. The Hall–Kier alpha value is -1.37. The fourth-order valence-corrected chi connectivity index (χ4v) is 1.09. The molecular weight excluding hydrogens is 148 g/mol. The van der Waals surface area contributed by atoms with Crippen LogP contribution in [0.5, 0.6) is 0 Å². The van der Waals surface area contributed by atoms with Crippen molar-refractivity contribution in [1.82, 2.24) is 0 Å². The molecular formula is C11H12O. The van der Waals surface area contributed by atoms with Gasteiger partial charge in [-0.05, 0) is 19.4 Å². The van der Waals surface area contributed by atoms with Crippen LogP contribution in [0.15, 0.2) is 35.9 Å². The van der Waals surface area contributed by atoms with Gasteiger partial charge in [0.15, 0.2) is 6.29 Å². The second kappa shape index (κ2) is 3.86. The van der Waals surface area contributed by atoms with Crippen LogP contribution in [0.4, 0.5) is 0 Å². The van der Waals surface area contributed by atoms with Crippen molar-refractivity contribution < 1.29 is 4.79 Å². The predicted molar refractivity (Wildman–Crippen MR) is 50.8 cm³/mol. The van der Waals surface area contributed by atoms with Crippen molar-refractivity contribution in [3.05, 3.63) is 41.5 Å². The summed E-state index contributed by atoms with van der Waals surface area (Å²) in [5, 5.41) is 0. The maximum absolute atomic E-state index is 10.7. The highest BCUT2D eigenvalue weighted by molar-refractivity contribution is 6.07. The van der Waals surface area contributed by atoms with E-state index in [1.807, 2.05) is 44.2 Å². The summed E-state index contributed by atoms with van der Waals surface area (Å²) in [6.45, 7) is 3.88. The fraction of sp³-hybridized carbons (Fsp3) is 0.182. The van der Waals surface area contributed by atoms with Crippen LogP contribution < -0.4 is 0 Å². The third-order valence-corrected chi connectivity index (χ3v) is 1.74. The average Bonchev–Trinajstić information content (AvgIpc) is 2.07. The van der Waals surface area contributed by atoms with E-state index in [0.29, 0.717) is 0 Å². The number of rotatable bonds is 2. The second-order valence-corrected chi connectivity index (χ2v) is 2.90. The van der Waals surface area contributed by atoms with Gasteiger partial charge in [-0.2, -0.15) is 0 Å². The number of hydrogen-bond acceptors (Lipinski definition) is 1. The van der Waals surface area contributed by atoms with Gasteiger partial charge in [-0.25, -0.2) is 0 Å². The van der Waals surface area contributed by atoms with Crippen molar-refractivity contribution in [3.8, 4) is 0 Å². The van der Waals surface area contributed by atoms with Crippen LogP contribution in [-0.2, 0) is 4.79 Å². The molecule has 0 heterocycles. The summed E-state index contributed by atoms with van der Waals surface area (Å²) in [5.41, 5.74) is 2.83. The molecule has 0 aromatic heterocycles. The number of carbonyl (C=O) groups excluding carboxylic acids is 1. The molecule has 0 amide bonds. The molecule has 0 aliphatic carbocycles. The van der Waals surface area contributed by atoms with Crippen LogP contribution in [0.2, 0.25) is 0 Å². The first-order valence-electron chi connectivity index (χ1n) is 3.94. The summed E-state index contributed by atoms with van der Waals surface area (Å²) in [6, 6.07) is 9.69. The molecule has 0 atom stereocenters. The fourth-order valence-electron chi connectivity index (χ4n) is 1.09. The molecule has 0 aliphatic rings. The smallest absolute Gasteiger partial charge is 0.150 e. The Balaban J connectivity index is 3.14. The summed E-state index contributed by atoms with van der Waals surface area (Å²) < 4.78 is 0. The van der Waals surface area contributed by atoms with Crippen LogP contribution >= 0.6 is 0 Å². The maximum atomic E-state index is 10.7. The van der Waals surface area contributed by atoms with Crippen molar-refractivity contribution in [3.63, 3.8) is 0 Å². The van der Waals surface area contributed by atoms with Gasteiger partial charge in [0.25, 0.3) is 0 Å². The largest absolute Gasteiger partial charge is 0.298 e. The van der Waals surface area contributed by atoms with Crippen LogP contribution in [0.3, 0.4) is 0 Å². The minimum atomic E-state index is 0.788. The molecule has 0 N–H and O–H groups in total. The van der Waals surface area contributed by atoms with Crippen LogP contribution in [0.25, 0.3) is 5.57 Å². The quantitative estimate of drug-likeness (QED) is 0.480. The van der Waals surface area contributed by atoms with E-state index in [1.54, 1.807) is 0 Å². The standard InChI is InChI=1S/C11H12O/c1-9(2)11(8-12)10-6-4-3-5-7-10/h3-8H,1-2H3. The minimum absolute atomic E-state index is 0.788. The van der Waals surface area contributed by atoms with E-state index in [4.69, 9.17) is 0 Å². The third kappa shape index (κ3) is 1.82. The van der Waals surface area contributed by atoms with Gasteiger partial charge in [0, 0.05) is 5.57 Å². The first kappa shape index (κ1) is 8.72. The van der Waals surface area contributed by atoms with E-state index < -0.39 is 0 Å². The zero-order valence-electron chi connectivity index (χ0n) is 7.37. The number of benzene rings is 1. The summed E-state index contributed by atoms with van der Waals surface area (Å²) in [5.74, 6) is 0. The summed E-state index contributed by atoms with van der Waals surface area (Å²) >= 11 is 0. The lowest BCUT2D eigenvalue weighted by atomic mass is 10.0. The average molecular weight is 160 g/mol. The van der Waals surface area contributed by atoms with E-state index in [9.17, 15) is 4.79 Å². The van der Waals surface area contributed by atoms with Gasteiger partial charge in [-0.3, -0.25) is 4.79 Å². The van der Waals surface area contributed by atoms with E-state index in [0.717, 1.165) is 23.0 Å². The maximum Gasteiger partial charge on any atom is 0.150 e. The Morgan fingerprint density at radius 3 is 2.17 bits per heavy atom. The monoisotopic (exact) mass is 160 g/mol. The normalized spacial score (nSPS) is 9.17. The van der Waals surface area contributed by atoms with Crippen molar-refractivity contribution in [2.45, 2.75) is 13.8 Å². The summed E-state index contributed by atoms with van der Waals surface area (Å²) in [4.78, 5) is 10.7. The lowest BCUT2D eigenvalue weighted by Crippen LogP contribution is -1.87. The molecule has 0 aliphatic heterocycles. The zero-order valence-corrected chi connectivity index (χ0v) is 7.37. The summed E-state index contributed by atoms with van der Waals surface area (Å²) in [6.07, 6.45) is 0.907. The molecule has 0 unspecified atom stereocenters. The van der Waals surface area contributed by atoms with E-state index in [1.165, 1.54) is 0 Å². The molecule has 1 nitrogen and oxygen atoms in total. The highest BCUT2D eigenvalue weighted by Gasteiger charge is 1.99. The van der Waals surface area contributed by atoms with Crippen molar-refractivity contribution >= 4 is 11.9 Å². The number of aldehydes is 1. The molecule has 62 valence electrons. The predicted octanol–water partition coefficient (Wildman–Crippen LogP) is 2.68. The molecule has 1 aromatic carbocycles. The van der Waals surface area contributed by atoms with Crippen LogP contribution in [0, 0.1) is 0 Å². The number of carbonyl (C=O) groups is 1. The molecule has 12 heavy (non-hydrogen) atoms. The molecule has 0 radical (unpaired) electrons. The van der Waals surface area contributed by atoms with Gasteiger partial charge in [-0.1, -0.05) is 35.9 Å². The van der Waals surface area contributed by atoms with Gasteiger partial charge < -0.3 is 0 Å². The van der Waals surface area contributed by atoms with Gasteiger partial charge in [0.1, 0.15) is 0 Å². The van der Waals surface area contributed by atoms with Crippen molar-refractivity contribution in [2.75, 3.05) is 0 Å². The first-order chi connectivity index (χ1) is 5.75. The van der Waals surface area contributed by atoms with Crippen molar-refractivity contribution in [1.29, 1.82) is 0 Å². The topological polar surface area (TPSA) is 17.1 Å². The van der Waals surface area contributed by atoms with E-state index >= 15 is 0 Å². The van der Waals surface area contributed by atoms with Gasteiger partial charge in [-0.15, -0.1) is 0 Å². The minimum Gasteiger partial charge on any atom is -0.298 e.